The summed E-state index contributed by atoms with van der Waals surface area (Å²) in [5, 5.41) is 3.45. The van der Waals surface area contributed by atoms with Crippen molar-refractivity contribution < 1.29 is 4.79 Å². The molecule has 3 atom stereocenters. The third kappa shape index (κ3) is 3.52. The molecule has 1 aromatic heterocycles. The fourth-order valence-electron chi connectivity index (χ4n) is 1.68. The summed E-state index contributed by atoms with van der Waals surface area (Å²) < 4.78 is 1.07. The second-order valence-corrected chi connectivity index (χ2v) is 9.05. The van der Waals surface area contributed by atoms with Gasteiger partial charge in [-0.1, -0.05) is 13.8 Å². The van der Waals surface area contributed by atoms with E-state index in [1.54, 1.807) is 11.3 Å². The second kappa shape index (κ2) is 6.13. The summed E-state index contributed by atoms with van der Waals surface area (Å²) in [6.07, 6.45) is 0.581. The van der Waals surface area contributed by atoms with E-state index in [9.17, 15) is 4.79 Å². The van der Waals surface area contributed by atoms with Gasteiger partial charge in [0.1, 0.15) is 0 Å². The first kappa shape index (κ1) is 14.0. The lowest BCUT2D eigenvalue weighted by atomic mass is 10.2. The van der Waals surface area contributed by atoms with Gasteiger partial charge in [0.05, 0.1) is 5.25 Å². The van der Waals surface area contributed by atoms with Gasteiger partial charge in [0.2, 0.25) is 0 Å². The van der Waals surface area contributed by atoms with E-state index in [1.165, 1.54) is 0 Å². The van der Waals surface area contributed by atoms with Crippen molar-refractivity contribution in [3.05, 3.63) is 20.8 Å². The molecule has 1 saturated heterocycles. The lowest BCUT2D eigenvalue weighted by Crippen LogP contribution is -2.32. The number of thiophene rings is 1. The summed E-state index contributed by atoms with van der Waals surface area (Å²) >= 11 is 8.92. The van der Waals surface area contributed by atoms with Crippen molar-refractivity contribution >= 4 is 56.6 Å². The van der Waals surface area contributed by atoms with E-state index in [1.807, 2.05) is 35.0 Å². The molecule has 94 valence electrons. The maximum absolute atomic E-state index is 12.2. The average molecular weight is 351 g/mol. The highest BCUT2D eigenvalue weighted by molar-refractivity contribution is 9.10. The Balaban J connectivity index is 1.95. The highest BCUT2D eigenvalue weighted by Gasteiger charge is 2.30. The van der Waals surface area contributed by atoms with Crippen LogP contribution in [-0.2, 0) is 11.2 Å². The average Bonchev–Trinajstić information content (AvgIpc) is 2.68. The molecule has 5 heteroatoms. The lowest BCUT2D eigenvalue weighted by Gasteiger charge is -2.30. The van der Waals surface area contributed by atoms with Gasteiger partial charge < -0.3 is 0 Å². The number of hydrogen-bond acceptors (Lipinski definition) is 4. The third-order valence-electron chi connectivity index (χ3n) is 2.94. The van der Waals surface area contributed by atoms with Crippen LogP contribution in [0.3, 0.4) is 0 Å². The number of Topliss-reactive ketones (excluding diaryl/α,β-unsaturated/α-hetero) is 1. The normalized spacial score (nSPS) is 29.2. The predicted octanol–water partition coefficient (Wildman–Crippen LogP) is 4.25. The quantitative estimate of drug-likeness (QED) is 0.811. The van der Waals surface area contributed by atoms with E-state index < -0.39 is 0 Å². The molecule has 0 spiro atoms. The van der Waals surface area contributed by atoms with Crippen molar-refractivity contribution in [2.24, 2.45) is 0 Å². The Bertz CT molecular complexity index is 404. The number of halogens is 1. The fraction of sp³-hybridized carbons (Fsp3) is 0.583. The molecule has 0 saturated carbocycles. The molecule has 2 rings (SSSR count). The van der Waals surface area contributed by atoms with Crippen molar-refractivity contribution in [1.82, 2.24) is 0 Å². The Morgan fingerprint density at radius 1 is 1.47 bits per heavy atom. The second-order valence-electron chi connectivity index (χ2n) is 4.20. The summed E-state index contributed by atoms with van der Waals surface area (Å²) in [4.78, 5) is 13.4. The van der Waals surface area contributed by atoms with Gasteiger partial charge in [0, 0.05) is 32.0 Å². The smallest absolute Gasteiger partial charge is 0.151 e. The summed E-state index contributed by atoms with van der Waals surface area (Å²) in [6, 6.07) is 2.01. The molecule has 2 heterocycles. The number of thioether (sulfide) groups is 2. The molecule has 1 aliphatic rings. The zero-order chi connectivity index (χ0) is 12.4. The Morgan fingerprint density at radius 3 is 2.82 bits per heavy atom. The minimum absolute atomic E-state index is 0.181. The van der Waals surface area contributed by atoms with Gasteiger partial charge in [0.25, 0.3) is 0 Å². The van der Waals surface area contributed by atoms with Crippen molar-refractivity contribution in [1.29, 1.82) is 0 Å². The zero-order valence-electron chi connectivity index (χ0n) is 9.81. The van der Waals surface area contributed by atoms with Gasteiger partial charge in [-0.05, 0) is 27.4 Å². The molecule has 0 radical (unpaired) electrons. The Labute approximate surface area is 123 Å². The van der Waals surface area contributed by atoms with Crippen LogP contribution in [0.25, 0.3) is 0 Å². The lowest BCUT2D eigenvalue weighted by molar-refractivity contribution is -0.117. The Morgan fingerprint density at radius 2 is 2.24 bits per heavy atom. The van der Waals surface area contributed by atoms with Crippen LogP contribution in [0.2, 0.25) is 0 Å². The standard InChI is InChI=1S/C12H15BrOS3/c1-7-8(2)17-12(6-16-7)10(14)5-11-9(13)3-4-15-11/h3-4,7-8,12H,5-6H2,1-2H3. The number of rotatable bonds is 3. The van der Waals surface area contributed by atoms with Crippen molar-refractivity contribution in [3.8, 4) is 0 Å². The summed E-state index contributed by atoms with van der Waals surface area (Å²) in [6.45, 7) is 4.47. The van der Waals surface area contributed by atoms with Crippen LogP contribution in [0.15, 0.2) is 15.9 Å². The molecular formula is C12H15BrOS3. The molecule has 1 nitrogen and oxygen atoms in total. The van der Waals surface area contributed by atoms with Crippen LogP contribution in [0.4, 0.5) is 0 Å². The van der Waals surface area contributed by atoms with Gasteiger partial charge >= 0.3 is 0 Å². The van der Waals surface area contributed by atoms with Crippen molar-refractivity contribution in [2.75, 3.05) is 5.75 Å². The van der Waals surface area contributed by atoms with Gasteiger partial charge in [-0.25, -0.2) is 0 Å². The molecule has 1 fully saturated rings. The van der Waals surface area contributed by atoms with E-state index in [-0.39, 0.29) is 5.25 Å². The first-order chi connectivity index (χ1) is 8.08. The molecule has 0 N–H and O–H groups in total. The molecule has 0 bridgehead atoms. The highest BCUT2D eigenvalue weighted by atomic mass is 79.9. The number of carbonyl (C=O) groups excluding carboxylic acids is 1. The van der Waals surface area contributed by atoms with E-state index in [2.05, 4.69) is 29.8 Å². The summed E-state index contributed by atoms with van der Waals surface area (Å²) in [7, 11) is 0. The highest BCUT2D eigenvalue weighted by Crippen LogP contribution is 2.37. The topological polar surface area (TPSA) is 17.1 Å². The molecule has 0 amide bonds. The number of hydrogen-bond donors (Lipinski definition) is 0. The van der Waals surface area contributed by atoms with Crippen LogP contribution in [0, 0.1) is 0 Å². The molecule has 0 aliphatic carbocycles. The van der Waals surface area contributed by atoms with Gasteiger partial charge in [-0.3, -0.25) is 4.79 Å². The van der Waals surface area contributed by atoms with Gasteiger partial charge in [-0.15, -0.1) is 23.1 Å². The van der Waals surface area contributed by atoms with E-state index in [4.69, 9.17) is 0 Å². The Kier molecular flexibility index (Phi) is 5.04. The SMILES string of the molecule is CC1SCC(C(=O)Cc2sccc2Br)SC1C. The van der Waals surface area contributed by atoms with Gasteiger partial charge in [0.15, 0.2) is 5.78 Å². The maximum Gasteiger partial charge on any atom is 0.151 e. The molecule has 17 heavy (non-hydrogen) atoms. The summed E-state index contributed by atoms with van der Waals surface area (Å²) in [5.74, 6) is 1.35. The fourth-order valence-corrected chi connectivity index (χ4v) is 6.07. The van der Waals surface area contributed by atoms with Crippen LogP contribution >= 0.6 is 50.8 Å². The van der Waals surface area contributed by atoms with Gasteiger partial charge in [-0.2, -0.15) is 11.8 Å². The molecule has 1 aliphatic heterocycles. The molecule has 0 aromatic carbocycles. The first-order valence-electron chi connectivity index (χ1n) is 5.59. The predicted molar refractivity (Wildman–Crippen MR) is 83.5 cm³/mol. The summed E-state index contributed by atoms with van der Waals surface area (Å²) in [5.41, 5.74) is 0. The van der Waals surface area contributed by atoms with E-state index >= 15 is 0 Å². The first-order valence-corrected chi connectivity index (χ1v) is 9.26. The van der Waals surface area contributed by atoms with Crippen LogP contribution in [0.1, 0.15) is 18.7 Å². The number of ketones is 1. The minimum atomic E-state index is 0.181. The zero-order valence-corrected chi connectivity index (χ0v) is 13.8. The monoisotopic (exact) mass is 350 g/mol. The maximum atomic E-state index is 12.2. The molecular weight excluding hydrogens is 336 g/mol. The van der Waals surface area contributed by atoms with E-state index in [0.717, 1.165) is 15.1 Å². The minimum Gasteiger partial charge on any atom is -0.298 e. The Hall–Kier alpha value is 0.550. The van der Waals surface area contributed by atoms with Crippen LogP contribution in [-0.4, -0.2) is 27.3 Å². The molecule has 1 aromatic rings. The van der Waals surface area contributed by atoms with Crippen molar-refractivity contribution in [2.45, 2.75) is 36.0 Å². The van der Waals surface area contributed by atoms with Crippen LogP contribution < -0.4 is 0 Å². The molecule has 3 unspecified atom stereocenters. The van der Waals surface area contributed by atoms with E-state index in [0.29, 0.717) is 22.7 Å². The third-order valence-corrected chi connectivity index (χ3v) is 8.30. The largest absolute Gasteiger partial charge is 0.298 e. The number of carbonyl (C=O) groups is 1. The van der Waals surface area contributed by atoms with Crippen LogP contribution in [0.5, 0.6) is 0 Å². The van der Waals surface area contributed by atoms with Crippen molar-refractivity contribution in [3.63, 3.8) is 0 Å².